The molecule has 5 nitrogen and oxygen atoms in total. The summed E-state index contributed by atoms with van der Waals surface area (Å²) >= 11 is 0. The number of hydrogen-bond donors (Lipinski definition) is 2. The van der Waals surface area contributed by atoms with Gasteiger partial charge in [0, 0.05) is 11.1 Å². The average molecular weight is 342 g/mol. The van der Waals surface area contributed by atoms with Crippen molar-refractivity contribution in [2.24, 2.45) is 0 Å². The van der Waals surface area contributed by atoms with Crippen LogP contribution >= 0.6 is 0 Å². The fourth-order valence-electron chi connectivity index (χ4n) is 3.77. The lowest BCUT2D eigenvalue weighted by Crippen LogP contribution is -3.27. The molecule has 2 aliphatic heterocycles. The molecule has 1 fully saturated rings. The van der Waals surface area contributed by atoms with Gasteiger partial charge in [0.1, 0.15) is 45.0 Å². The molecule has 132 valence electrons. The van der Waals surface area contributed by atoms with Gasteiger partial charge in [-0.25, -0.2) is 0 Å². The minimum atomic E-state index is 0.344. The predicted molar refractivity (Wildman–Crippen MR) is 94.4 cm³/mol. The molecule has 25 heavy (non-hydrogen) atoms. The highest BCUT2D eigenvalue weighted by atomic mass is 16.7. The van der Waals surface area contributed by atoms with E-state index in [2.05, 4.69) is 30.3 Å². The first-order chi connectivity index (χ1) is 12.3. The van der Waals surface area contributed by atoms with Gasteiger partial charge in [-0.3, -0.25) is 0 Å². The van der Waals surface area contributed by atoms with Crippen LogP contribution in [0.1, 0.15) is 11.1 Å². The van der Waals surface area contributed by atoms with E-state index in [1.807, 2.05) is 12.1 Å². The first-order valence-corrected chi connectivity index (χ1v) is 8.99. The monoisotopic (exact) mass is 342 g/mol. The van der Waals surface area contributed by atoms with Crippen LogP contribution in [0.25, 0.3) is 0 Å². The van der Waals surface area contributed by atoms with Gasteiger partial charge in [0.25, 0.3) is 0 Å². The van der Waals surface area contributed by atoms with Crippen molar-refractivity contribution in [3.63, 3.8) is 0 Å². The van der Waals surface area contributed by atoms with Crippen LogP contribution in [-0.2, 0) is 13.1 Å². The van der Waals surface area contributed by atoms with Crippen molar-refractivity contribution in [3.05, 3.63) is 53.6 Å². The van der Waals surface area contributed by atoms with Gasteiger partial charge in [-0.05, 0) is 30.3 Å². The summed E-state index contributed by atoms with van der Waals surface area (Å²) < 4.78 is 16.4. The molecule has 0 radical (unpaired) electrons. The number of rotatable bonds is 5. The number of fused-ring (bicyclic) bond motifs is 1. The fourth-order valence-corrected chi connectivity index (χ4v) is 3.77. The third-order valence-electron chi connectivity index (χ3n) is 5.19. The van der Waals surface area contributed by atoms with Gasteiger partial charge in [-0.1, -0.05) is 12.1 Å². The number of methoxy groups -OCH3 is 1. The molecule has 2 heterocycles. The van der Waals surface area contributed by atoms with Crippen molar-refractivity contribution in [2.45, 2.75) is 13.1 Å². The van der Waals surface area contributed by atoms with Crippen molar-refractivity contribution in [1.82, 2.24) is 0 Å². The van der Waals surface area contributed by atoms with Gasteiger partial charge in [-0.2, -0.15) is 0 Å². The smallest absolute Gasteiger partial charge is 0.231 e. The molecule has 0 spiro atoms. The molecule has 0 atom stereocenters. The zero-order chi connectivity index (χ0) is 17.1. The van der Waals surface area contributed by atoms with E-state index in [0.717, 1.165) is 30.3 Å². The summed E-state index contributed by atoms with van der Waals surface area (Å²) in [5, 5.41) is 0. The highest BCUT2D eigenvalue weighted by molar-refractivity contribution is 5.44. The Morgan fingerprint density at radius 3 is 2.40 bits per heavy atom. The minimum Gasteiger partial charge on any atom is -0.496 e. The number of nitrogens with one attached hydrogen (secondary N) is 2. The molecule has 0 bridgehead atoms. The number of piperazine rings is 1. The van der Waals surface area contributed by atoms with Crippen molar-refractivity contribution in [3.8, 4) is 17.2 Å². The zero-order valence-corrected chi connectivity index (χ0v) is 14.7. The molecule has 2 aromatic rings. The van der Waals surface area contributed by atoms with E-state index in [9.17, 15) is 0 Å². The van der Waals surface area contributed by atoms with Gasteiger partial charge >= 0.3 is 0 Å². The summed E-state index contributed by atoms with van der Waals surface area (Å²) in [6.07, 6.45) is 0. The number of para-hydroxylation sites is 1. The Morgan fingerprint density at radius 1 is 0.880 bits per heavy atom. The quantitative estimate of drug-likeness (QED) is 0.797. The molecule has 0 aliphatic carbocycles. The van der Waals surface area contributed by atoms with Crippen molar-refractivity contribution < 1.29 is 24.0 Å². The van der Waals surface area contributed by atoms with Crippen LogP contribution in [0.2, 0.25) is 0 Å². The molecular formula is C20H26N2O3+2. The average Bonchev–Trinajstić information content (AvgIpc) is 3.12. The van der Waals surface area contributed by atoms with E-state index in [4.69, 9.17) is 14.2 Å². The zero-order valence-electron chi connectivity index (χ0n) is 14.7. The second kappa shape index (κ2) is 7.33. The van der Waals surface area contributed by atoms with E-state index >= 15 is 0 Å². The van der Waals surface area contributed by atoms with Crippen molar-refractivity contribution in [1.29, 1.82) is 0 Å². The lowest BCUT2D eigenvalue weighted by molar-refractivity contribution is -1.02. The van der Waals surface area contributed by atoms with Gasteiger partial charge in [0.15, 0.2) is 11.5 Å². The minimum absolute atomic E-state index is 0.344. The largest absolute Gasteiger partial charge is 0.496 e. The van der Waals surface area contributed by atoms with Gasteiger partial charge < -0.3 is 24.0 Å². The Bertz CT molecular complexity index is 727. The van der Waals surface area contributed by atoms with E-state index in [0.29, 0.717) is 6.79 Å². The summed E-state index contributed by atoms with van der Waals surface area (Å²) in [5.74, 6) is 2.76. The van der Waals surface area contributed by atoms with E-state index in [1.54, 1.807) is 16.9 Å². The number of quaternary nitrogens is 2. The predicted octanol–water partition coefficient (Wildman–Crippen LogP) is -0.0925. The molecule has 0 saturated carbocycles. The standard InChI is InChI=1S/C20H24N2O3/c1-23-18-5-3-2-4-17(18)14-22-10-8-21(9-11-22)13-16-6-7-19-20(12-16)25-15-24-19/h2-7,12H,8-11,13-15H2,1H3/p+2. The lowest BCUT2D eigenvalue weighted by atomic mass is 10.1. The third kappa shape index (κ3) is 3.72. The Balaban J connectivity index is 1.31. The van der Waals surface area contributed by atoms with Crippen molar-refractivity contribution >= 4 is 0 Å². The molecule has 5 heteroatoms. The topological polar surface area (TPSA) is 36.6 Å². The lowest BCUT2D eigenvalue weighted by Gasteiger charge is -2.30. The third-order valence-corrected chi connectivity index (χ3v) is 5.19. The van der Waals surface area contributed by atoms with Gasteiger partial charge in [0.2, 0.25) is 6.79 Å². The number of benzene rings is 2. The summed E-state index contributed by atoms with van der Waals surface area (Å²) in [6.45, 7) is 7.21. The van der Waals surface area contributed by atoms with E-state index < -0.39 is 0 Å². The molecule has 0 aromatic heterocycles. The van der Waals surface area contributed by atoms with E-state index in [1.165, 1.54) is 37.3 Å². The summed E-state index contributed by atoms with van der Waals surface area (Å²) in [5.41, 5.74) is 2.63. The maximum atomic E-state index is 5.49. The number of ether oxygens (including phenoxy) is 3. The Morgan fingerprint density at radius 2 is 1.60 bits per heavy atom. The van der Waals surface area contributed by atoms with Crippen molar-refractivity contribution in [2.75, 3.05) is 40.1 Å². The Labute approximate surface area is 148 Å². The van der Waals surface area contributed by atoms with Crippen LogP contribution < -0.4 is 24.0 Å². The summed E-state index contributed by atoms with van der Waals surface area (Å²) in [6, 6.07) is 14.7. The maximum Gasteiger partial charge on any atom is 0.231 e. The molecule has 0 unspecified atom stereocenters. The Hall–Kier alpha value is -2.24. The molecule has 0 amide bonds. The van der Waals surface area contributed by atoms with Crippen LogP contribution in [0, 0.1) is 0 Å². The Kier molecular flexibility index (Phi) is 4.76. The van der Waals surface area contributed by atoms with Crippen LogP contribution in [0.5, 0.6) is 17.2 Å². The van der Waals surface area contributed by atoms with Crippen LogP contribution in [0.15, 0.2) is 42.5 Å². The molecular weight excluding hydrogens is 316 g/mol. The molecule has 2 aromatic carbocycles. The summed E-state index contributed by atoms with van der Waals surface area (Å²) in [4.78, 5) is 3.28. The summed E-state index contributed by atoms with van der Waals surface area (Å²) in [7, 11) is 1.75. The second-order valence-corrected chi connectivity index (χ2v) is 6.85. The first-order valence-electron chi connectivity index (χ1n) is 8.99. The molecule has 2 N–H and O–H groups in total. The maximum absolute atomic E-state index is 5.49. The van der Waals surface area contributed by atoms with E-state index in [-0.39, 0.29) is 0 Å². The second-order valence-electron chi connectivity index (χ2n) is 6.85. The number of hydrogen-bond acceptors (Lipinski definition) is 3. The highest BCUT2D eigenvalue weighted by Crippen LogP contribution is 2.32. The van der Waals surface area contributed by atoms with Crippen LogP contribution in [0.4, 0.5) is 0 Å². The van der Waals surface area contributed by atoms with Crippen LogP contribution in [-0.4, -0.2) is 40.1 Å². The highest BCUT2D eigenvalue weighted by Gasteiger charge is 2.24. The van der Waals surface area contributed by atoms with Crippen LogP contribution in [0.3, 0.4) is 0 Å². The molecule has 2 aliphatic rings. The molecule has 4 rings (SSSR count). The first kappa shape index (κ1) is 16.2. The molecule has 1 saturated heterocycles. The van der Waals surface area contributed by atoms with Gasteiger partial charge in [0.05, 0.1) is 7.11 Å². The SMILES string of the molecule is COc1ccccc1C[NH+]1CC[NH+](Cc2ccc3c(c2)OCO3)CC1. The van der Waals surface area contributed by atoms with Gasteiger partial charge in [-0.15, -0.1) is 0 Å². The normalized spacial score (nSPS) is 22.0. The fraction of sp³-hybridized carbons (Fsp3) is 0.400.